The summed E-state index contributed by atoms with van der Waals surface area (Å²) < 4.78 is 14.0. The molecule has 106 valence electrons. The number of hydrogen-bond donors (Lipinski definition) is 1. The predicted molar refractivity (Wildman–Crippen MR) is 77.7 cm³/mol. The first-order valence-electron chi connectivity index (χ1n) is 7.42. The van der Waals surface area contributed by atoms with E-state index < -0.39 is 0 Å². The fraction of sp³-hybridized carbons (Fsp3) is 0.625. The van der Waals surface area contributed by atoms with Crippen molar-refractivity contribution in [1.82, 2.24) is 10.2 Å². The molecule has 0 amide bonds. The van der Waals surface area contributed by atoms with E-state index in [1.807, 2.05) is 12.1 Å². The van der Waals surface area contributed by atoms with Crippen molar-refractivity contribution in [2.45, 2.75) is 32.7 Å². The molecule has 1 fully saturated rings. The van der Waals surface area contributed by atoms with Crippen molar-refractivity contribution >= 4 is 0 Å². The third kappa shape index (κ3) is 3.77. The lowest BCUT2D eigenvalue weighted by molar-refractivity contribution is 0.246. The summed E-state index contributed by atoms with van der Waals surface area (Å²) in [7, 11) is 0. The minimum absolute atomic E-state index is 0.0956. The Morgan fingerprint density at radius 3 is 2.58 bits per heavy atom. The van der Waals surface area contributed by atoms with Gasteiger partial charge >= 0.3 is 0 Å². The third-order valence-corrected chi connectivity index (χ3v) is 3.98. The molecule has 0 aromatic heterocycles. The highest BCUT2D eigenvalue weighted by atomic mass is 19.1. The molecule has 0 bridgehead atoms. The first kappa shape index (κ1) is 14.5. The number of halogens is 1. The molecule has 0 radical (unpaired) electrons. The van der Waals surface area contributed by atoms with Crippen LogP contribution in [-0.2, 0) is 0 Å². The van der Waals surface area contributed by atoms with Gasteiger partial charge in [0.15, 0.2) is 0 Å². The highest BCUT2D eigenvalue weighted by Gasteiger charge is 2.24. The normalized spacial score (nSPS) is 19.5. The highest BCUT2D eigenvalue weighted by Crippen LogP contribution is 2.26. The van der Waals surface area contributed by atoms with Gasteiger partial charge in [-0.2, -0.15) is 0 Å². The van der Waals surface area contributed by atoms with E-state index in [1.54, 1.807) is 12.1 Å². The summed E-state index contributed by atoms with van der Waals surface area (Å²) in [5.41, 5.74) is 0.802. The predicted octanol–water partition coefficient (Wildman–Crippen LogP) is 3.21. The maximum atomic E-state index is 14.0. The Morgan fingerprint density at radius 2 is 1.95 bits per heavy atom. The van der Waals surface area contributed by atoms with Crippen molar-refractivity contribution in [1.29, 1.82) is 0 Å². The smallest absolute Gasteiger partial charge is 0.127 e. The van der Waals surface area contributed by atoms with Crippen LogP contribution >= 0.6 is 0 Å². The molecule has 19 heavy (non-hydrogen) atoms. The molecule has 2 unspecified atom stereocenters. The molecule has 1 aromatic carbocycles. The van der Waals surface area contributed by atoms with Crippen LogP contribution in [0.15, 0.2) is 24.3 Å². The second-order valence-corrected chi connectivity index (χ2v) is 5.54. The zero-order chi connectivity index (χ0) is 13.7. The third-order valence-electron chi connectivity index (χ3n) is 3.98. The number of rotatable bonds is 6. The average Bonchev–Trinajstić information content (AvgIpc) is 2.90. The molecule has 0 aliphatic carbocycles. The van der Waals surface area contributed by atoms with Crippen LogP contribution in [0.2, 0.25) is 0 Å². The van der Waals surface area contributed by atoms with Gasteiger partial charge in [-0.15, -0.1) is 0 Å². The number of hydrogen-bond acceptors (Lipinski definition) is 2. The summed E-state index contributed by atoms with van der Waals surface area (Å²) >= 11 is 0. The number of nitrogens with zero attached hydrogens (tertiary/aromatic N) is 1. The summed E-state index contributed by atoms with van der Waals surface area (Å²) in [5, 5.41) is 3.45. The SMILES string of the molecule is CCNC(c1ccccc1F)C(C)CN1CCCC1. The van der Waals surface area contributed by atoms with Gasteiger partial charge in [0.05, 0.1) is 0 Å². The van der Waals surface area contributed by atoms with E-state index >= 15 is 0 Å². The molecule has 1 aromatic rings. The quantitative estimate of drug-likeness (QED) is 0.849. The van der Waals surface area contributed by atoms with E-state index in [4.69, 9.17) is 0 Å². The second kappa shape index (κ2) is 7.01. The summed E-state index contributed by atoms with van der Waals surface area (Å²) in [6, 6.07) is 7.25. The summed E-state index contributed by atoms with van der Waals surface area (Å²) in [6.45, 7) is 8.60. The van der Waals surface area contributed by atoms with Crippen LogP contribution in [0, 0.1) is 11.7 Å². The van der Waals surface area contributed by atoms with Gasteiger partial charge in [-0.3, -0.25) is 0 Å². The monoisotopic (exact) mass is 264 g/mol. The first-order chi connectivity index (χ1) is 9.22. The molecule has 1 aliphatic rings. The summed E-state index contributed by atoms with van der Waals surface area (Å²) in [6.07, 6.45) is 2.61. The van der Waals surface area contributed by atoms with Crippen LogP contribution < -0.4 is 5.32 Å². The van der Waals surface area contributed by atoms with Crippen LogP contribution in [0.4, 0.5) is 4.39 Å². The maximum Gasteiger partial charge on any atom is 0.127 e. The van der Waals surface area contributed by atoms with E-state index in [0.717, 1.165) is 18.7 Å². The molecule has 2 rings (SSSR count). The Morgan fingerprint density at radius 1 is 1.26 bits per heavy atom. The Labute approximate surface area is 116 Å². The van der Waals surface area contributed by atoms with Crippen molar-refractivity contribution < 1.29 is 4.39 Å². The molecule has 3 heteroatoms. The standard InChI is InChI=1S/C16H25FN2/c1-3-18-16(14-8-4-5-9-15(14)17)13(2)12-19-10-6-7-11-19/h4-5,8-9,13,16,18H,3,6-7,10-12H2,1-2H3. The largest absolute Gasteiger partial charge is 0.310 e. The van der Waals surface area contributed by atoms with E-state index in [9.17, 15) is 4.39 Å². The van der Waals surface area contributed by atoms with Gasteiger partial charge in [-0.25, -0.2) is 4.39 Å². The van der Waals surface area contributed by atoms with Gasteiger partial charge in [0.25, 0.3) is 0 Å². The van der Waals surface area contributed by atoms with Gasteiger partial charge in [-0.1, -0.05) is 32.0 Å². The molecule has 1 aliphatic heterocycles. The van der Waals surface area contributed by atoms with Crippen molar-refractivity contribution in [3.8, 4) is 0 Å². The molecule has 0 spiro atoms. The lowest BCUT2D eigenvalue weighted by Gasteiger charge is -2.29. The van der Waals surface area contributed by atoms with E-state index in [1.165, 1.54) is 25.9 Å². The van der Waals surface area contributed by atoms with Crippen molar-refractivity contribution in [2.24, 2.45) is 5.92 Å². The van der Waals surface area contributed by atoms with Crippen molar-refractivity contribution in [2.75, 3.05) is 26.2 Å². The maximum absolute atomic E-state index is 14.0. The van der Waals surface area contributed by atoms with Gasteiger partial charge in [0.1, 0.15) is 5.82 Å². The number of nitrogens with one attached hydrogen (secondary N) is 1. The zero-order valence-electron chi connectivity index (χ0n) is 12.0. The topological polar surface area (TPSA) is 15.3 Å². The lowest BCUT2D eigenvalue weighted by Crippen LogP contribution is -2.35. The fourth-order valence-corrected chi connectivity index (χ4v) is 3.04. The zero-order valence-corrected chi connectivity index (χ0v) is 12.0. The fourth-order valence-electron chi connectivity index (χ4n) is 3.04. The summed E-state index contributed by atoms with van der Waals surface area (Å²) in [5.74, 6) is 0.316. The van der Waals surface area contributed by atoms with Gasteiger partial charge in [0.2, 0.25) is 0 Å². The van der Waals surface area contributed by atoms with E-state index in [2.05, 4.69) is 24.1 Å². The molecule has 1 N–H and O–H groups in total. The Balaban J connectivity index is 2.07. The second-order valence-electron chi connectivity index (χ2n) is 5.54. The van der Waals surface area contributed by atoms with Crippen molar-refractivity contribution in [3.05, 3.63) is 35.6 Å². The Bertz CT molecular complexity index is 388. The van der Waals surface area contributed by atoms with Crippen LogP contribution in [0.5, 0.6) is 0 Å². The van der Waals surface area contributed by atoms with Crippen LogP contribution in [0.1, 0.15) is 38.3 Å². The summed E-state index contributed by atoms with van der Waals surface area (Å²) in [4.78, 5) is 2.50. The molecule has 1 saturated heterocycles. The molecule has 1 heterocycles. The first-order valence-corrected chi connectivity index (χ1v) is 7.42. The molecule has 0 saturated carbocycles. The van der Waals surface area contributed by atoms with Crippen LogP contribution in [0.25, 0.3) is 0 Å². The average molecular weight is 264 g/mol. The van der Waals surface area contributed by atoms with Crippen molar-refractivity contribution in [3.63, 3.8) is 0 Å². The minimum atomic E-state index is -0.0956. The molecule has 2 nitrogen and oxygen atoms in total. The van der Waals surface area contributed by atoms with Crippen LogP contribution in [0.3, 0.4) is 0 Å². The van der Waals surface area contributed by atoms with Gasteiger partial charge < -0.3 is 10.2 Å². The highest BCUT2D eigenvalue weighted by molar-refractivity contribution is 5.22. The lowest BCUT2D eigenvalue weighted by atomic mass is 9.93. The number of benzene rings is 1. The van der Waals surface area contributed by atoms with E-state index in [-0.39, 0.29) is 11.9 Å². The Hall–Kier alpha value is -0.930. The molecule has 2 atom stereocenters. The molecular weight excluding hydrogens is 239 g/mol. The molecular formula is C16H25FN2. The van der Waals surface area contributed by atoms with E-state index in [0.29, 0.717) is 5.92 Å². The van der Waals surface area contributed by atoms with Gasteiger partial charge in [-0.05, 0) is 44.5 Å². The van der Waals surface area contributed by atoms with Gasteiger partial charge in [0, 0.05) is 18.2 Å². The Kier molecular flexibility index (Phi) is 5.34. The van der Waals surface area contributed by atoms with Crippen LogP contribution in [-0.4, -0.2) is 31.1 Å². The minimum Gasteiger partial charge on any atom is -0.310 e. The number of likely N-dealkylation sites (tertiary alicyclic amines) is 1.